The van der Waals surface area contributed by atoms with Crippen LogP contribution in [0.25, 0.3) is 22.4 Å². The van der Waals surface area contributed by atoms with Crippen LogP contribution in [0, 0.1) is 6.92 Å². The fourth-order valence-corrected chi connectivity index (χ4v) is 3.42. The highest BCUT2D eigenvalue weighted by molar-refractivity contribution is 5.81. The Morgan fingerprint density at radius 2 is 1.77 bits per heavy atom. The molecule has 0 aliphatic heterocycles. The van der Waals surface area contributed by atoms with E-state index in [1.54, 1.807) is 32.5 Å². The molecule has 35 heavy (non-hydrogen) atoms. The quantitative estimate of drug-likeness (QED) is 0.517. The third-order valence-electron chi connectivity index (χ3n) is 5.53. The molecule has 8 heteroatoms. The van der Waals surface area contributed by atoms with Gasteiger partial charge in [0.15, 0.2) is 6.10 Å². The summed E-state index contributed by atoms with van der Waals surface area (Å²) < 4.78 is 5.53. The first-order valence-corrected chi connectivity index (χ1v) is 11.4. The average molecular weight is 476 g/mol. The summed E-state index contributed by atoms with van der Waals surface area (Å²) in [7, 11) is 7.20. The van der Waals surface area contributed by atoms with Gasteiger partial charge in [-0.3, -0.25) is 4.79 Å². The maximum Gasteiger partial charge on any atom is 0.257 e. The minimum Gasteiger partial charge on any atom is -0.496 e. The van der Waals surface area contributed by atoms with Gasteiger partial charge in [-0.1, -0.05) is 36.4 Å². The number of amides is 1. The highest BCUT2D eigenvalue weighted by atomic mass is 16.5. The number of aliphatic hydroxyl groups is 1. The van der Waals surface area contributed by atoms with Gasteiger partial charge in [0.1, 0.15) is 11.6 Å². The molecule has 1 unspecified atom stereocenters. The number of carbonyl (C=O) groups is 1. The van der Waals surface area contributed by atoms with Gasteiger partial charge in [-0.2, -0.15) is 0 Å². The molecule has 1 amide bonds. The van der Waals surface area contributed by atoms with Crippen LogP contribution in [0.3, 0.4) is 0 Å². The zero-order valence-electron chi connectivity index (χ0n) is 20.9. The number of para-hydroxylation sites is 1. The number of methoxy groups -OCH3 is 1. The number of hydrogen-bond acceptors (Lipinski definition) is 6. The van der Waals surface area contributed by atoms with Gasteiger partial charge < -0.3 is 24.6 Å². The van der Waals surface area contributed by atoms with Crippen LogP contribution in [0.1, 0.15) is 17.6 Å². The number of carbonyl (C=O) groups excluding carboxylic acids is 1. The summed E-state index contributed by atoms with van der Waals surface area (Å²) in [6.07, 6.45) is 2.24. The molecule has 1 aromatic carbocycles. The molecule has 0 saturated carbocycles. The third kappa shape index (κ3) is 6.88. The van der Waals surface area contributed by atoms with Crippen LogP contribution in [0.4, 0.5) is 0 Å². The van der Waals surface area contributed by atoms with E-state index < -0.39 is 12.0 Å². The number of hydrogen-bond donors (Lipinski definition) is 2. The first-order valence-electron chi connectivity index (χ1n) is 11.4. The monoisotopic (exact) mass is 475 g/mol. The second-order valence-corrected chi connectivity index (χ2v) is 8.49. The van der Waals surface area contributed by atoms with Crippen LogP contribution in [-0.4, -0.2) is 77.1 Å². The molecule has 8 nitrogen and oxygen atoms in total. The number of likely N-dealkylation sites (N-methyl/N-ethyl adjacent to an activating group) is 2. The van der Waals surface area contributed by atoms with Crippen molar-refractivity contribution in [1.82, 2.24) is 24.8 Å². The topological polar surface area (TPSA) is 94.6 Å². The van der Waals surface area contributed by atoms with E-state index in [1.807, 2.05) is 74.6 Å². The Morgan fingerprint density at radius 3 is 2.51 bits per heavy atom. The van der Waals surface area contributed by atoms with Crippen LogP contribution in [-0.2, 0) is 4.79 Å². The highest BCUT2D eigenvalue weighted by Crippen LogP contribution is 2.29. The van der Waals surface area contributed by atoms with Gasteiger partial charge >= 0.3 is 0 Å². The van der Waals surface area contributed by atoms with Crippen molar-refractivity contribution in [3.05, 3.63) is 78.5 Å². The van der Waals surface area contributed by atoms with E-state index in [4.69, 9.17) is 4.74 Å². The molecule has 0 spiro atoms. The standard InChI is InChI=1S/C27H33N5O3/c1-19-28-17-20(22-9-6-7-12-25(22)35-5)13-14-21(18-29-19)23-10-8-11-24(30-23)26(33)27(34)32(4)16-15-31(2)3/h6-14,17-18,26,33H,15-16H2,1-5H3,(H,28,29). The molecular weight excluding hydrogens is 442 g/mol. The number of aliphatic hydroxyl groups excluding tert-OH is 1. The van der Waals surface area contributed by atoms with Crippen molar-refractivity contribution in [2.45, 2.75) is 13.0 Å². The molecular formula is C27H33N5O3. The van der Waals surface area contributed by atoms with Crippen molar-refractivity contribution in [2.24, 2.45) is 0 Å². The predicted molar refractivity (Wildman–Crippen MR) is 137 cm³/mol. The molecule has 0 aliphatic carbocycles. The zero-order chi connectivity index (χ0) is 25.4. The third-order valence-corrected chi connectivity index (χ3v) is 5.53. The Balaban J connectivity index is 1.98. The number of benzene rings is 1. The molecule has 2 heterocycles. The summed E-state index contributed by atoms with van der Waals surface area (Å²) in [5, 5.41) is 10.7. The van der Waals surface area contributed by atoms with E-state index in [0.717, 1.165) is 22.4 Å². The summed E-state index contributed by atoms with van der Waals surface area (Å²) in [5.41, 5.74) is 3.45. The molecule has 2 aromatic heterocycles. The Morgan fingerprint density at radius 1 is 1.03 bits per heavy atom. The van der Waals surface area contributed by atoms with Crippen LogP contribution >= 0.6 is 0 Å². The number of rotatable bonds is 8. The van der Waals surface area contributed by atoms with Crippen LogP contribution in [0.5, 0.6) is 5.75 Å². The van der Waals surface area contributed by atoms with Gasteiger partial charge in [-0.05, 0) is 39.2 Å². The van der Waals surface area contributed by atoms with Crippen LogP contribution in [0.2, 0.25) is 0 Å². The molecule has 184 valence electrons. The van der Waals surface area contributed by atoms with Gasteiger partial charge in [-0.25, -0.2) is 9.97 Å². The number of nitrogens with zero attached hydrogens (tertiary/aromatic N) is 4. The van der Waals surface area contributed by atoms with Crippen molar-refractivity contribution in [2.75, 3.05) is 41.3 Å². The Bertz CT molecular complexity index is 1210. The van der Waals surface area contributed by atoms with Gasteiger partial charge in [0.25, 0.3) is 5.91 Å². The zero-order valence-corrected chi connectivity index (χ0v) is 20.9. The summed E-state index contributed by atoms with van der Waals surface area (Å²) in [6, 6.07) is 16.9. The van der Waals surface area contributed by atoms with E-state index >= 15 is 0 Å². The summed E-state index contributed by atoms with van der Waals surface area (Å²) >= 11 is 0. The Kier molecular flexibility index (Phi) is 8.94. The van der Waals surface area contributed by atoms with E-state index in [0.29, 0.717) is 24.6 Å². The van der Waals surface area contributed by atoms with Gasteiger partial charge in [0.05, 0.1) is 18.5 Å². The minimum atomic E-state index is -1.35. The Labute approximate surface area is 206 Å². The van der Waals surface area contributed by atoms with Crippen molar-refractivity contribution < 1.29 is 14.6 Å². The number of H-pyrrole nitrogens is 1. The first-order chi connectivity index (χ1) is 16.8. The number of ether oxygens (including phenoxy) is 1. The number of nitrogens with one attached hydrogen (secondary N) is 1. The smallest absolute Gasteiger partial charge is 0.257 e. The second kappa shape index (κ2) is 12.1. The lowest BCUT2D eigenvalue weighted by Gasteiger charge is -2.22. The number of aryl methyl sites for hydroxylation is 1. The minimum absolute atomic E-state index is 0.290. The predicted octanol–water partition coefficient (Wildman–Crippen LogP) is 3.63. The van der Waals surface area contributed by atoms with E-state index in [9.17, 15) is 9.90 Å². The Hall–Kier alpha value is -3.75. The number of pyridine rings is 1. The van der Waals surface area contributed by atoms with Crippen molar-refractivity contribution in [3.8, 4) is 28.1 Å². The van der Waals surface area contributed by atoms with E-state index in [2.05, 4.69) is 15.0 Å². The van der Waals surface area contributed by atoms with Crippen LogP contribution < -0.4 is 4.74 Å². The molecule has 0 aliphatic rings. The fourth-order valence-electron chi connectivity index (χ4n) is 3.42. The molecule has 3 aromatic rings. The number of aromatic nitrogens is 3. The summed E-state index contributed by atoms with van der Waals surface area (Å²) in [6.45, 7) is 3.08. The van der Waals surface area contributed by atoms with E-state index in [1.165, 1.54) is 4.90 Å². The summed E-state index contributed by atoms with van der Waals surface area (Å²) in [5.74, 6) is 1.06. The highest BCUT2D eigenvalue weighted by Gasteiger charge is 2.23. The lowest BCUT2D eigenvalue weighted by Crippen LogP contribution is -2.36. The molecule has 0 fully saturated rings. The lowest BCUT2D eigenvalue weighted by molar-refractivity contribution is -0.139. The SMILES string of the molecule is COc1ccccc1-c1ccc(-c2cccc(C(O)C(=O)N(C)CCN(C)C)n2)cnc(C)[nH]c1. The fraction of sp³-hybridized carbons (Fsp3) is 0.296. The first kappa shape index (κ1) is 25.9. The molecule has 0 bridgehead atoms. The van der Waals surface area contributed by atoms with Gasteiger partial charge in [-0.15, -0.1) is 0 Å². The molecule has 3 rings (SSSR count). The van der Waals surface area contributed by atoms with Gasteiger partial charge in [0.2, 0.25) is 0 Å². The maximum absolute atomic E-state index is 12.7. The summed E-state index contributed by atoms with van der Waals surface area (Å²) in [4.78, 5) is 28.5. The largest absolute Gasteiger partial charge is 0.496 e. The van der Waals surface area contributed by atoms with Gasteiger partial charge in [0, 0.05) is 49.2 Å². The lowest BCUT2D eigenvalue weighted by atomic mass is 10.1. The van der Waals surface area contributed by atoms with E-state index in [-0.39, 0.29) is 5.69 Å². The normalized spacial score (nSPS) is 11.6. The average Bonchev–Trinajstić information content (AvgIpc) is 2.97. The van der Waals surface area contributed by atoms with Crippen molar-refractivity contribution in [1.29, 1.82) is 0 Å². The van der Waals surface area contributed by atoms with Crippen molar-refractivity contribution in [3.63, 3.8) is 0 Å². The molecule has 0 radical (unpaired) electrons. The molecule has 0 saturated heterocycles. The van der Waals surface area contributed by atoms with Crippen LogP contribution in [0.15, 0.2) is 67.0 Å². The number of aromatic amines is 1. The van der Waals surface area contributed by atoms with Crippen molar-refractivity contribution >= 4 is 5.91 Å². The maximum atomic E-state index is 12.7. The second-order valence-electron chi connectivity index (χ2n) is 8.49. The molecule has 2 N–H and O–H groups in total. The molecule has 1 atom stereocenters.